The SMILES string of the molecule is COC(=O)C(C)SC(=S)OC(C)C(C)C. The Balaban J connectivity index is 3.98. The van der Waals surface area contributed by atoms with E-state index >= 15 is 0 Å². The Kier molecular flexibility index (Phi) is 6.92. The maximum atomic E-state index is 11.1. The number of ether oxygens (including phenoxy) is 2. The molecule has 15 heavy (non-hydrogen) atoms. The van der Waals surface area contributed by atoms with Crippen molar-refractivity contribution in [2.75, 3.05) is 7.11 Å². The van der Waals surface area contributed by atoms with Crippen LogP contribution in [-0.4, -0.2) is 28.8 Å². The molecule has 0 aromatic carbocycles. The molecule has 0 amide bonds. The zero-order chi connectivity index (χ0) is 12.0. The molecule has 3 nitrogen and oxygen atoms in total. The molecule has 0 bridgehead atoms. The van der Waals surface area contributed by atoms with Gasteiger partial charge in [0.25, 0.3) is 0 Å². The largest absolute Gasteiger partial charge is 0.475 e. The molecule has 0 radical (unpaired) electrons. The van der Waals surface area contributed by atoms with Crippen LogP contribution < -0.4 is 0 Å². The van der Waals surface area contributed by atoms with Crippen LogP contribution in [-0.2, 0) is 14.3 Å². The lowest BCUT2D eigenvalue weighted by Gasteiger charge is -2.19. The van der Waals surface area contributed by atoms with Gasteiger partial charge in [-0.25, -0.2) is 0 Å². The monoisotopic (exact) mass is 250 g/mol. The van der Waals surface area contributed by atoms with E-state index in [9.17, 15) is 4.79 Å². The summed E-state index contributed by atoms with van der Waals surface area (Å²) in [5.41, 5.74) is 0. The molecule has 0 saturated heterocycles. The van der Waals surface area contributed by atoms with E-state index in [1.165, 1.54) is 18.9 Å². The van der Waals surface area contributed by atoms with Gasteiger partial charge in [0.1, 0.15) is 5.25 Å². The van der Waals surface area contributed by atoms with E-state index in [4.69, 9.17) is 17.0 Å². The molecule has 0 saturated carbocycles. The Morgan fingerprint density at radius 1 is 1.27 bits per heavy atom. The Morgan fingerprint density at radius 3 is 2.20 bits per heavy atom. The first-order chi connectivity index (χ1) is 6.88. The second-order valence-corrected chi connectivity index (χ2v) is 5.54. The average Bonchev–Trinajstić information content (AvgIpc) is 2.15. The first-order valence-corrected chi connectivity index (χ1v) is 6.12. The Hall–Kier alpha value is -0.290. The van der Waals surface area contributed by atoms with Crippen molar-refractivity contribution in [1.82, 2.24) is 0 Å². The molecule has 0 aromatic heterocycles. The second kappa shape index (κ2) is 7.06. The normalized spacial score (nSPS) is 14.5. The lowest BCUT2D eigenvalue weighted by Crippen LogP contribution is -2.21. The molecule has 0 aliphatic carbocycles. The van der Waals surface area contributed by atoms with Gasteiger partial charge in [0.15, 0.2) is 0 Å². The number of hydrogen-bond acceptors (Lipinski definition) is 5. The summed E-state index contributed by atoms with van der Waals surface area (Å²) in [6.07, 6.45) is 0.0647. The van der Waals surface area contributed by atoms with Crippen molar-refractivity contribution < 1.29 is 14.3 Å². The number of thioether (sulfide) groups is 1. The number of hydrogen-bond donors (Lipinski definition) is 0. The van der Waals surface area contributed by atoms with Crippen molar-refractivity contribution in [3.8, 4) is 0 Å². The average molecular weight is 250 g/mol. The Morgan fingerprint density at radius 2 is 1.80 bits per heavy atom. The fraction of sp³-hybridized carbons (Fsp3) is 0.800. The number of methoxy groups -OCH3 is 1. The molecule has 5 heteroatoms. The van der Waals surface area contributed by atoms with Gasteiger partial charge in [-0.1, -0.05) is 25.6 Å². The molecule has 0 aliphatic rings. The van der Waals surface area contributed by atoms with Crippen LogP contribution in [0.5, 0.6) is 0 Å². The van der Waals surface area contributed by atoms with Crippen molar-refractivity contribution >= 4 is 34.3 Å². The number of esters is 1. The smallest absolute Gasteiger partial charge is 0.319 e. The van der Waals surface area contributed by atoms with Gasteiger partial charge < -0.3 is 9.47 Å². The number of thiocarbonyl (C=S) groups is 1. The predicted molar refractivity (Wildman–Crippen MR) is 67.1 cm³/mol. The van der Waals surface area contributed by atoms with E-state index in [1.807, 2.05) is 6.92 Å². The van der Waals surface area contributed by atoms with Crippen molar-refractivity contribution in [2.24, 2.45) is 5.92 Å². The van der Waals surface area contributed by atoms with Gasteiger partial charge in [-0.3, -0.25) is 4.79 Å². The number of carbonyl (C=O) groups excluding carboxylic acids is 1. The standard InChI is InChI=1S/C10H18O3S2/c1-6(2)7(3)13-10(14)15-8(4)9(11)12-5/h6-8H,1-5H3. The van der Waals surface area contributed by atoms with Crippen LogP contribution >= 0.6 is 24.0 Å². The molecule has 0 aromatic rings. The lowest BCUT2D eigenvalue weighted by atomic mass is 10.1. The van der Waals surface area contributed by atoms with Gasteiger partial charge in [0.05, 0.1) is 13.2 Å². The summed E-state index contributed by atoms with van der Waals surface area (Å²) < 4.78 is 10.5. The minimum atomic E-state index is -0.318. The van der Waals surface area contributed by atoms with E-state index in [0.29, 0.717) is 10.3 Å². The summed E-state index contributed by atoms with van der Waals surface area (Å²) >= 11 is 6.24. The van der Waals surface area contributed by atoms with Crippen LogP contribution in [0.3, 0.4) is 0 Å². The Bertz CT molecular complexity index is 229. The van der Waals surface area contributed by atoms with Crippen molar-refractivity contribution in [3.63, 3.8) is 0 Å². The predicted octanol–water partition coefficient (Wildman–Crippen LogP) is 2.63. The van der Waals surface area contributed by atoms with Crippen molar-refractivity contribution in [2.45, 2.75) is 39.0 Å². The van der Waals surface area contributed by atoms with Crippen molar-refractivity contribution in [3.05, 3.63) is 0 Å². The third-order valence-electron chi connectivity index (χ3n) is 2.03. The molecule has 0 rings (SSSR count). The maximum Gasteiger partial charge on any atom is 0.319 e. The highest BCUT2D eigenvalue weighted by atomic mass is 32.2. The van der Waals surface area contributed by atoms with E-state index in [-0.39, 0.29) is 17.3 Å². The zero-order valence-corrected chi connectivity index (χ0v) is 11.4. The van der Waals surface area contributed by atoms with Crippen LogP contribution in [0.2, 0.25) is 0 Å². The summed E-state index contributed by atoms with van der Waals surface area (Å²) in [5.74, 6) is 0.111. The number of carbonyl (C=O) groups is 1. The van der Waals surface area contributed by atoms with Gasteiger partial charge >= 0.3 is 5.97 Å². The fourth-order valence-corrected chi connectivity index (χ4v) is 1.95. The van der Waals surface area contributed by atoms with Gasteiger partial charge in [-0.15, -0.1) is 0 Å². The van der Waals surface area contributed by atoms with Crippen LogP contribution in [0.1, 0.15) is 27.7 Å². The third-order valence-corrected chi connectivity index (χ3v) is 3.25. The fourth-order valence-electron chi connectivity index (χ4n) is 0.674. The molecule has 2 atom stereocenters. The van der Waals surface area contributed by atoms with Gasteiger partial charge in [-0.05, 0) is 32.0 Å². The van der Waals surface area contributed by atoms with E-state index < -0.39 is 0 Å². The summed E-state index contributed by atoms with van der Waals surface area (Å²) in [7, 11) is 1.36. The third kappa shape index (κ3) is 5.99. The lowest BCUT2D eigenvalue weighted by molar-refractivity contribution is -0.139. The van der Waals surface area contributed by atoms with Crippen molar-refractivity contribution in [1.29, 1.82) is 0 Å². The highest BCUT2D eigenvalue weighted by Gasteiger charge is 2.18. The van der Waals surface area contributed by atoms with Gasteiger partial charge in [-0.2, -0.15) is 0 Å². The summed E-state index contributed by atoms with van der Waals surface area (Å²) in [6, 6.07) is 0. The minimum absolute atomic E-state index is 0.0647. The first kappa shape index (κ1) is 14.7. The molecule has 0 fully saturated rings. The topological polar surface area (TPSA) is 35.5 Å². The summed E-state index contributed by atoms with van der Waals surface area (Å²) in [6.45, 7) is 7.82. The quantitative estimate of drug-likeness (QED) is 0.566. The van der Waals surface area contributed by atoms with Crippen LogP contribution in [0.4, 0.5) is 0 Å². The molecule has 0 heterocycles. The van der Waals surface area contributed by atoms with Gasteiger partial charge in [0, 0.05) is 0 Å². The Labute approximate surface area is 101 Å². The van der Waals surface area contributed by atoms with Crippen LogP contribution in [0.15, 0.2) is 0 Å². The highest BCUT2D eigenvalue weighted by Crippen LogP contribution is 2.18. The first-order valence-electron chi connectivity index (χ1n) is 4.83. The maximum absolute atomic E-state index is 11.1. The molecule has 88 valence electrons. The van der Waals surface area contributed by atoms with E-state index in [2.05, 4.69) is 18.6 Å². The number of rotatable bonds is 4. The van der Waals surface area contributed by atoms with Gasteiger partial charge in [0.2, 0.25) is 4.38 Å². The molecule has 0 aliphatic heterocycles. The minimum Gasteiger partial charge on any atom is -0.475 e. The molecule has 0 spiro atoms. The van der Waals surface area contributed by atoms with Crippen LogP contribution in [0, 0.1) is 5.92 Å². The zero-order valence-electron chi connectivity index (χ0n) is 9.77. The molecule has 0 N–H and O–H groups in total. The summed E-state index contributed by atoms with van der Waals surface area (Å²) in [4.78, 5) is 11.1. The second-order valence-electron chi connectivity index (χ2n) is 3.60. The summed E-state index contributed by atoms with van der Waals surface area (Å²) in [5, 5.41) is -0.318. The van der Waals surface area contributed by atoms with E-state index in [0.717, 1.165) is 0 Å². The van der Waals surface area contributed by atoms with E-state index in [1.54, 1.807) is 6.92 Å². The highest BCUT2D eigenvalue weighted by molar-refractivity contribution is 8.23. The van der Waals surface area contributed by atoms with Crippen LogP contribution in [0.25, 0.3) is 0 Å². The molecular formula is C10H18O3S2. The molecule has 2 unspecified atom stereocenters. The molecular weight excluding hydrogens is 232 g/mol.